The maximum absolute atomic E-state index is 11.8. The molecule has 0 aliphatic carbocycles. The molecule has 72 valence electrons. The van der Waals surface area contributed by atoms with Crippen LogP contribution in [-0.2, 0) is 0 Å². The summed E-state index contributed by atoms with van der Waals surface area (Å²) < 4.78 is 11.8. The fourth-order valence-corrected chi connectivity index (χ4v) is 1.03. The first-order valence-corrected chi connectivity index (χ1v) is 4.35. The van der Waals surface area contributed by atoms with Crippen molar-refractivity contribution in [1.82, 2.24) is 4.98 Å². The number of anilines is 2. The zero-order valence-corrected chi connectivity index (χ0v) is 7.68. The lowest BCUT2D eigenvalue weighted by molar-refractivity contribution is 0.512. The van der Waals surface area contributed by atoms with Crippen molar-refractivity contribution in [2.24, 2.45) is 0 Å². The van der Waals surface area contributed by atoms with E-state index >= 15 is 0 Å². The molecule has 0 aliphatic rings. The van der Waals surface area contributed by atoms with Crippen LogP contribution in [0.25, 0.3) is 0 Å². The zero-order valence-electron chi connectivity index (χ0n) is 7.68. The molecule has 1 aromatic heterocycles. The fraction of sp³-hybridized carbons (Fsp3) is 0.444. The molecule has 2 N–H and O–H groups in total. The van der Waals surface area contributed by atoms with Crippen LogP contribution in [0.2, 0.25) is 0 Å². The van der Waals surface area contributed by atoms with Gasteiger partial charge in [-0.05, 0) is 13.0 Å². The SMILES string of the molecule is CCNc1cncc(NCCF)c1. The van der Waals surface area contributed by atoms with Gasteiger partial charge in [0.05, 0.1) is 23.8 Å². The lowest BCUT2D eigenvalue weighted by atomic mass is 10.3. The van der Waals surface area contributed by atoms with Crippen molar-refractivity contribution in [3.8, 4) is 0 Å². The van der Waals surface area contributed by atoms with Gasteiger partial charge in [-0.1, -0.05) is 0 Å². The minimum atomic E-state index is -0.370. The van der Waals surface area contributed by atoms with Crippen molar-refractivity contribution in [2.75, 3.05) is 30.4 Å². The fourth-order valence-electron chi connectivity index (χ4n) is 1.03. The molecule has 0 fully saturated rings. The number of nitrogens with zero attached hydrogens (tertiary/aromatic N) is 1. The van der Waals surface area contributed by atoms with Gasteiger partial charge in [0.2, 0.25) is 0 Å². The summed E-state index contributed by atoms with van der Waals surface area (Å²) in [4.78, 5) is 4.01. The number of hydrogen-bond acceptors (Lipinski definition) is 3. The number of nitrogens with one attached hydrogen (secondary N) is 2. The summed E-state index contributed by atoms with van der Waals surface area (Å²) in [7, 11) is 0. The largest absolute Gasteiger partial charge is 0.384 e. The van der Waals surface area contributed by atoms with Crippen molar-refractivity contribution in [3.63, 3.8) is 0 Å². The van der Waals surface area contributed by atoms with E-state index in [1.807, 2.05) is 13.0 Å². The molecule has 0 saturated carbocycles. The van der Waals surface area contributed by atoms with Gasteiger partial charge < -0.3 is 10.6 Å². The van der Waals surface area contributed by atoms with E-state index in [1.165, 1.54) is 0 Å². The Morgan fingerprint density at radius 3 is 2.62 bits per heavy atom. The van der Waals surface area contributed by atoms with E-state index in [4.69, 9.17) is 0 Å². The van der Waals surface area contributed by atoms with Crippen LogP contribution in [0.5, 0.6) is 0 Å². The van der Waals surface area contributed by atoms with Crippen LogP contribution >= 0.6 is 0 Å². The number of aromatic nitrogens is 1. The third-order valence-corrected chi connectivity index (χ3v) is 1.54. The third-order valence-electron chi connectivity index (χ3n) is 1.54. The summed E-state index contributed by atoms with van der Waals surface area (Å²) >= 11 is 0. The predicted molar refractivity (Wildman–Crippen MR) is 52.9 cm³/mol. The van der Waals surface area contributed by atoms with E-state index in [0.29, 0.717) is 6.54 Å². The van der Waals surface area contributed by atoms with Gasteiger partial charge in [0.25, 0.3) is 0 Å². The molecule has 1 heterocycles. The Morgan fingerprint density at radius 1 is 1.31 bits per heavy atom. The molecule has 0 spiro atoms. The van der Waals surface area contributed by atoms with Gasteiger partial charge in [-0.2, -0.15) is 0 Å². The monoisotopic (exact) mass is 183 g/mol. The van der Waals surface area contributed by atoms with Gasteiger partial charge in [0, 0.05) is 13.1 Å². The first-order chi connectivity index (χ1) is 6.36. The van der Waals surface area contributed by atoms with Gasteiger partial charge in [0.15, 0.2) is 0 Å². The summed E-state index contributed by atoms with van der Waals surface area (Å²) in [6.45, 7) is 2.83. The average molecular weight is 183 g/mol. The van der Waals surface area contributed by atoms with Crippen LogP contribution in [0.1, 0.15) is 6.92 Å². The Kier molecular flexibility index (Phi) is 4.02. The summed E-state index contributed by atoms with van der Waals surface area (Å²) in [5.74, 6) is 0. The van der Waals surface area contributed by atoms with Crippen LogP contribution in [0, 0.1) is 0 Å². The second-order valence-corrected chi connectivity index (χ2v) is 2.61. The predicted octanol–water partition coefficient (Wildman–Crippen LogP) is 1.89. The molecule has 0 saturated heterocycles. The van der Waals surface area contributed by atoms with Crippen LogP contribution in [-0.4, -0.2) is 24.7 Å². The molecule has 0 atom stereocenters. The maximum atomic E-state index is 11.8. The van der Waals surface area contributed by atoms with E-state index < -0.39 is 0 Å². The first-order valence-electron chi connectivity index (χ1n) is 4.35. The van der Waals surface area contributed by atoms with E-state index in [0.717, 1.165) is 17.9 Å². The molecule has 13 heavy (non-hydrogen) atoms. The van der Waals surface area contributed by atoms with Crippen molar-refractivity contribution in [1.29, 1.82) is 0 Å². The van der Waals surface area contributed by atoms with Crippen LogP contribution in [0.4, 0.5) is 15.8 Å². The van der Waals surface area contributed by atoms with Crippen molar-refractivity contribution in [3.05, 3.63) is 18.5 Å². The van der Waals surface area contributed by atoms with Gasteiger partial charge in [-0.3, -0.25) is 4.98 Å². The number of hydrogen-bond donors (Lipinski definition) is 2. The molecule has 0 amide bonds. The number of rotatable bonds is 5. The molecule has 0 bridgehead atoms. The minimum Gasteiger partial charge on any atom is -0.384 e. The molecule has 0 aromatic carbocycles. The summed E-state index contributed by atoms with van der Waals surface area (Å²) in [6.07, 6.45) is 3.42. The Bertz CT molecular complexity index is 252. The van der Waals surface area contributed by atoms with Crippen molar-refractivity contribution >= 4 is 11.4 Å². The molecule has 3 nitrogen and oxygen atoms in total. The highest BCUT2D eigenvalue weighted by molar-refractivity contribution is 5.53. The van der Waals surface area contributed by atoms with Crippen molar-refractivity contribution in [2.45, 2.75) is 6.92 Å². The Labute approximate surface area is 77.4 Å². The smallest absolute Gasteiger partial charge is 0.107 e. The van der Waals surface area contributed by atoms with E-state index in [-0.39, 0.29) is 6.67 Å². The third kappa shape index (κ3) is 3.27. The second kappa shape index (κ2) is 5.35. The lowest BCUT2D eigenvalue weighted by Crippen LogP contribution is -2.04. The van der Waals surface area contributed by atoms with Gasteiger partial charge >= 0.3 is 0 Å². The van der Waals surface area contributed by atoms with E-state index in [1.54, 1.807) is 12.4 Å². The molecule has 0 radical (unpaired) electrons. The molecule has 1 rings (SSSR count). The number of alkyl halides is 1. The minimum absolute atomic E-state index is 0.331. The van der Waals surface area contributed by atoms with Gasteiger partial charge in [-0.25, -0.2) is 4.39 Å². The van der Waals surface area contributed by atoms with E-state index in [2.05, 4.69) is 15.6 Å². The lowest BCUT2D eigenvalue weighted by Gasteiger charge is -2.06. The first kappa shape index (κ1) is 9.77. The van der Waals surface area contributed by atoms with E-state index in [9.17, 15) is 4.39 Å². The molecule has 1 aromatic rings. The normalized spacial score (nSPS) is 9.69. The highest BCUT2D eigenvalue weighted by atomic mass is 19.1. The van der Waals surface area contributed by atoms with Gasteiger partial charge in [0.1, 0.15) is 6.67 Å². The van der Waals surface area contributed by atoms with Crippen LogP contribution in [0.3, 0.4) is 0 Å². The summed E-state index contributed by atoms with van der Waals surface area (Å²) in [5, 5.41) is 6.04. The highest BCUT2D eigenvalue weighted by Gasteiger charge is 1.94. The Morgan fingerprint density at radius 2 is 2.00 bits per heavy atom. The summed E-state index contributed by atoms with van der Waals surface area (Å²) in [6, 6.07) is 1.91. The quantitative estimate of drug-likeness (QED) is 0.732. The molecular weight excluding hydrogens is 169 g/mol. The van der Waals surface area contributed by atoms with Crippen LogP contribution < -0.4 is 10.6 Å². The van der Waals surface area contributed by atoms with Crippen molar-refractivity contribution < 1.29 is 4.39 Å². The highest BCUT2D eigenvalue weighted by Crippen LogP contribution is 2.11. The molecular formula is C9H14FN3. The van der Waals surface area contributed by atoms with Gasteiger partial charge in [-0.15, -0.1) is 0 Å². The summed E-state index contributed by atoms with van der Waals surface area (Å²) in [5.41, 5.74) is 1.79. The average Bonchev–Trinajstić information content (AvgIpc) is 2.16. The molecule has 0 unspecified atom stereocenters. The van der Waals surface area contributed by atoms with Crippen LogP contribution in [0.15, 0.2) is 18.5 Å². The Hall–Kier alpha value is -1.32. The molecule has 4 heteroatoms. The zero-order chi connectivity index (χ0) is 9.52. The number of halogens is 1. The maximum Gasteiger partial charge on any atom is 0.107 e. The molecule has 0 aliphatic heterocycles. The standard InChI is InChI=1S/C9H14FN3/c1-2-12-8-5-9(7-11-6-8)13-4-3-10/h5-7,12-13H,2-4H2,1H3. The number of pyridine rings is 1. The Balaban J connectivity index is 2.56. The topological polar surface area (TPSA) is 37.0 Å². The second-order valence-electron chi connectivity index (χ2n) is 2.61.